The van der Waals surface area contributed by atoms with Crippen LogP contribution in [0, 0.1) is 23.7 Å². The fourth-order valence-corrected chi connectivity index (χ4v) is 10.5. The first-order chi connectivity index (χ1) is 32.1. The second kappa shape index (κ2) is 19.8. The van der Waals surface area contributed by atoms with Crippen LogP contribution in [0.15, 0.2) is 72.0 Å². The Morgan fingerprint density at radius 2 is 1.29 bits per heavy atom. The summed E-state index contributed by atoms with van der Waals surface area (Å²) in [7, 11) is 2.63. The van der Waals surface area contributed by atoms with Gasteiger partial charge in [-0.05, 0) is 103 Å². The average molecular weight is 901 g/mol. The first-order valence-electron chi connectivity index (χ1n) is 23.3. The van der Waals surface area contributed by atoms with Gasteiger partial charge in [-0.15, -0.1) is 0 Å². The number of benzene rings is 2. The van der Waals surface area contributed by atoms with Gasteiger partial charge in [0.1, 0.15) is 17.9 Å². The van der Waals surface area contributed by atoms with Crippen LogP contribution >= 0.6 is 0 Å². The lowest BCUT2D eigenvalue weighted by Gasteiger charge is -2.34. The van der Waals surface area contributed by atoms with Crippen molar-refractivity contribution in [3.8, 4) is 22.5 Å². The van der Waals surface area contributed by atoms with Gasteiger partial charge in [-0.3, -0.25) is 14.6 Å². The zero-order valence-corrected chi connectivity index (χ0v) is 38.2. The fourth-order valence-electron chi connectivity index (χ4n) is 10.5. The van der Waals surface area contributed by atoms with Crippen LogP contribution in [0.3, 0.4) is 0 Å². The number of aromatic amines is 1. The van der Waals surface area contributed by atoms with Crippen LogP contribution in [0.4, 0.5) is 9.59 Å². The van der Waals surface area contributed by atoms with E-state index in [-0.39, 0.29) is 41.7 Å². The molecule has 3 N–H and O–H groups in total. The number of aromatic nitrogens is 3. The highest BCUT2D eigenvalue weighted by Gasteiger charge is 2.44. The quantitative estimate of drug-likeness (QED) is 0.142. The summed E-state index contributed by atoms with van der Waals surface area (Å²) in [6.45, 7) is 7.69. The van der Waals surface area contributed by atoms with Crippen molar-refractivity contribution < 1.29 is 38.1 Å². The summed E-state index contributed by atoms with van der Waals surface area (Å²) < 4.78 is 20.9. The molecule has 0 radical (unpaired) electrons. The Labute approximate surface area is 384 Å². The minimum absolute atomic E-state index is 0.0209. The van der Waals surface area contributed by atoms with Gasteiger partial charge < -0.3 is 44.4 Å². The molecule has 2 aromatic heterocycles. The third-order valence-corrected chi connectivity index (χ3v) is 14.1. The number of rotatable bonds is 11. The molecule has 9 rings (SSSR count). The molecule has 4 fully saturated rings. The zero-order valence-electron chi connectivity index (χ0n) is 38.2. The zero-order chi connectivity index (χ0) is 45.9. The number of amides is 4. The largest absolute Gasteiger partial charge is 0.453 e. The van der Waals surface area contributed by atoms with Crippen molar-refractivity contribution in [2.45, 2.75) is 83.0 Å². The molecule has 0 unspecified atom stereocenters. The number of imidazole rings is 1. The minimum Gasteiger partial charge on any atom is -0.453 e. The molecule has 7 heterocycles. The average Bonchev–Trinajstić information content (AvgIpc) is 4.19. The number of hydrogen-bond donors (Lipinski definition) is 3. The van der Waals surface area contributed by atoms with Gasteiger partial charge in [0, 0.05) is 63.2 Å². The second-order valence-corrected chi connectivity index (χ2v) is 18.6. The van der Waals surface area contributed by atoms with Gasteiger partial charge in [0.2, 0.25) is 11.8 Å². The summed E-state index contributed by atoms with van der Waals surface area (Å²) in [6, 6.07) is 17.0. The maximum absolute atomic E-state index is 14.2. The number of ether oxygens (including phenoxy) is 4. The number of carbonyl (C=O) groups is 4. The highest BCUT2D eigenvalue weighted by atomic mass is 16.5. The highest BCUT2D eigenvalue weighted by Crippen LogP contribution is 2.38. The van der Waals surface area contributed by atoms with E-state index in [0.717, 1.165) is 63.1 Å². The van der Waals surface area contributed by atoms with Crippen molar-refractivity contribution in [2.75, 3.05) is 53.7 Å². The molecule has 348 valence electrons. The Morgan fingerprint density at radius 1 is 0.727 bits per heavy atom. The Bertz CT molecular complexity index is 2490. The first kappa shape index (κ1) is 45.0. The van der Waals surface area contributed by atoms with Crippen LogP contribution in [-0.4, -0.2) is 126 Å². The topological polar surface area (TPSA) is 190 Å². The molecule has 4 amide bonds. The summed E-state index contributed by atoms with van der Waals surface area (Å²) in [5.41, 5.74) is 7.65. The van der Waals surface area contributed by atoms with E-state index in [0.29, 0.717) is 83.4 Å². The SMILES string of the molecule is COC(=O)N[C@H](C(=O)N1C[C@@H](C)C[C@H]1C1=NC=C(c2ccc(-c3ccc4nc(-c5cnc([C@@H]6C[C@H](C)CN6C(=O)[C@@H](NC(=O)OC)C6CCOCC6)[nH]5)ccc4c3)cc2)C1)C1CCOCC1. The molecule has 0 aliphatic carbocycles. The number of methoxy groups -OCH3 is 2. The maximum Gasteiger partial charge on any atom is 0.407 e. The molecule has 2 aromatic carbocycles. The lowest BCUT2D eigenvalue weighted by Crippen LogP contribution is -2.55. The monoisotopic (exact) mass is 900 g/mol. The summed E-state index contributed by atoms with van der Waals surface area (Å²) in [5.74, 6) is 0.971. The number of likely N-dealkylation sites (tertiary alicyclic amines) is 2. The molecule has 4 aromatic rings. The standard InChI is InChI=1S/C50H60N8O8/c1-29-21-42(57(27-29)47(59)44(55-49(61)63-3)33-13-17-65-18-14-33)40-24-37(25-51-40)32-7-5-31(6-8-32)35-9-11-38-36(23-35)10-12-39(53-38)41-26-52-46(54-41)43-22-30(2)28-58(43)48(60)45(56-50(62)64-4)34-15-19-66-20-16-34/h5-12,23,25-26,29-30,33-34,42-45H,13-22,24,27-28H2,1-4H3,(H,52,54)(H,55,61)(H,56,62)/t29-,30-,42-,43-,44-,45-/m0/s1. The summed E-state index contributed by atoms with van der Waals surface area (Å²) >= 11 is 0. The van der Waals surface area contributed by atoms with Crippen molar-refractivity contribution >= 4 is 46.2 Å². The van der Waals surface area contributed by atoms with E-state index >= 15 is 0 Å². The van der Waals surface area contributed by atoms with Crippen molar-refractivity contribution in [3.05, 3.63) is 78.4 Å². The number of allylic oxidation sites excluding steroid dienone is 1. The molecule has 6 atom stereocenters. The Balaban J connectivity index is 0.851. The number of nitrogens with one attached hydrogen (secondary N) is 3. The fraction of sp³-hybridized carbons (Fsp3) is 0.500. The molecule has 16 nitrogen and oxygen atoms in total. The summed E-state index contributed by atoms with van der Waals surface area (Å²) in [5, 5.41) is 6.68. The van der Waals surface area contributed by atoms with Crippen molar-refractivity contribution in [1.29, 1.82) is 0 Å². The normalized spacial score (nSPS) is 23.6. The van der Waals surface area contributed by atoms with Crippen LogP contribution in [0.1, 0.15) is 76.2 Å². The smallest absolute Gasteiger partial charge is 0.407 e. The van der Waals surface area contributed by atoms with E-state index < -0.39 is 24.3 Å². The van der Waals surface area contributed by atoms with E-state index in [9.17, 15) is 19.2 Å². The lowest BCUT2D eigenvalue weighted by atomic mass is 9.90. The Hall–Kier alpha value is -6.13. The van der Waals surface area contributed by atoms with Gasteiger partial charge in [-0.2, -0.15) is 0 Å². The minimum atomic E-state index is -0.708. The number of pyridine rings is 1. The van der Waals surface area contributed by atoms with Gasteiger partial charge >= 0.3 is 12.2 Å². The van der Waals surface area contributed by atoms with Crippen molar-refractivity contribution in [2.24, 2.45) is 28.7 Å². The first-order valence-corrected chi connectivity index (χ1v) is 23.3. The molecule has 5 aliphatic heterocycles. The number of hydrogen-bond acceptors (Lipinski definition) is 11. The Kier molecular flexibility index (Phi) is 13.5. The van der Waals surface area contributed by atoms with Crippen molar-refractivity contribution in [1.82, 2.24) is 35.4 Å². The molecule has 4 saturated heterocycles. The number of H-pyrrole nitrogens is 1. The maximum atomic E-state index is 14.2. The van der Waals surface area contributed by atoms with Crippen LogP contribution in [0.2, 0.25) is 0 Å². The molecule has 5 aliphatic rings. The van der Waals surface area contributed by atoms with Crippen LogP contribution < -0.4 is 10.6 Å². The molecular formula is C50H60N8O8. The molecule has 0 saturated carbocycles. The third kappa shape index (κ3) is 9.57. The summed E-state index contributed by atoms with van der Waals surface area (Å²) in [6.07, 6.45) is 7.47. The molecule has 0 spiro atoms. The second-order valence-electron chi connectivity index (χ2n) is 18.6. The number of nitrogens with zero attached hydrogens (tertiary/aromatic N) is 5. The van der Waals surface area contributed by atoms with E-state index in [1.54, 1.807) is 6.20 Å². The molecule has 66 heavy (non-hydrogen) atoms. The predicted octanol–water partition coefficient (Wildman–Crippen LogP) is 6.93. The predicted molar refractivity (Wildman–Crippen MR) is 248 cm³/mol. The number of aliphatic imine (C=N–C) groups is 1. The molecular weight excluding hydrogens is 841 g/mol. The van der Waals surface area contributed by atoms with E-state index in [2.05, 4.69) is 71.9 Å². The lowest BCUT2D eigenvalue weighted by molar-refractivity contribution is -0.137. The summed E-state index contributed by atoms with van der Waals surface area (Å²) in [4.78, 5) is 75.0. The van der Waals surface area contributed by atoms with Gasteiger partial charge in [-0.25, -0.2) is 19.6 Å². The van der Waals surface area contributed by atoms with Gasteiger partial charge in [0.25, 0.3) is 0 Å². The highest BCUT2D eigenvalue weighted by molar-refractivity contribution is 6.04. The van der Waals surface area contributed by atoms with Crippen LogP contribution in [0.5, 0.6) is 0 Å². The van der Waals surface area contributed by atoms with E-state index in [1.807, 2.05) is 28.1 Å². The molecule has 0 bridgehead atoms. The van der Waals surface area contributed by atoms with Gasteiger partial charge in [-0.1, -0.05) is 50.2 Å². The number of alkyl carbamates (subject to hydrolysis) is 2. The van der Waals surface area contributed by atoms with E-state index in [4.69, 9.17) is 33.9 Å². The number of fused-ring (bicyclic) bond motifs is 1. The van der Waals surface area contributed by atoms with Gasteiger partial charge in [0.15, 0.2) is 0 Å². The third-order valence-electron chi connectivity index (χ3n) is 14.1. The molecule has 16 heteroatoms. The Morgan fingerprint density at radius 3 is 1.89 bits per heavy atom. The van der Waals surface area contributed by atoms with Crippen LogP contribution in [0.25, 0.3) is 39.0 Å². The van der Waals surface area contributed by atoms with Gasteiger partial charge in [0.05, 0.1) is 49.4 Å². The van der Waals surface area contributed by atoms with E-state index in [1.165, 1.54) is 14.2 Å². The number of carbonyl (C=O) groups excluding carboxylic acids is 4. The van der Waals surface area contributed by atoms with Crippen LogP contribution in [-0.2, 0) is 28.5 Å². The van der Waals surface area contributed by atoms with Crippen molar-refractivity contribution in [3.63, 3.8) is 0 Å².